The Hall–Kier alpha value is -2.54. The van der Waals surface area contributed by atoms with E-state index in [0.717, 1.165) is 17.7 Å². The number of nitrogens with zero attached hydrogens (tertiary/aromatic N) is 1. The monoisotopic (exact) mass is 336 g/mol. The second-order valence-corrected chi connectivity index (χ2v) is 5.19. The SMILES string of the molecule is CCc1nc2c(Oc3ccc(C(F)(F)F)cc3)ccc(CN)c2o1. The van der Waals surface area contributed by atoms with Crippen molar-refractivity contribution in [2.45, 2.75) is 26.1 Å². The third-order valence-corrected chi connectivity index (χ3v) is 3.56. The summed E-state index contributed by atoms with van der Waals surface area (Å²) in [4.78, 5) is 4.37. The average molecular weight is 336 g/mol. The minimum absolute atomic E-state index is 0.283. The standard InChI is InChI=1S/C17H15F3N2O2/c1-2-14-22-15-13(8-3-10(9-21)16(15)24-14)23-12-6-4-11(5-7-12)17(18,19)20/h3-8H,2,9,21H2,1H3. The number of halogens is 3. The number of benzene rings is 2. The molecular weight excluding hydrogens is 321 g/mol. The van der Waals surface area contributed by atoms with Crippen LogP contribution < -0.4 is 10.5 Å². The lowest BCUT2D eigenvalue weighted by atomic mass is 10.2. The van der Waals surface area contributed by atoms with Crippen molar-refractivity contribution in [1.82, 2.24) is 4.98 Å². The van der Waals surface area contributed by atoms with Gasteiger partial charge in [0.2, 0.25) is 0 Å². The molecule has 2 N–H and O–H groups in total. The van der Waals surface area contributed by atoms with Crippen LogP contribution in [-0.2, 0) is 19.1 Å². The van der Waals surface area contributed by atoms with Gasteiger partial charge < -0.3 is 14.9 Å². The first-order valence-electron chi connectivity index (χ1n) is 7.39. The Morgan fingerprint density at radius 1 is 1.12 bits per heavy atom. The van der Waals surface area contributed by atoms with Crippen molar-refractivity contribution in [1.29, 1.82) is 0 Å². The molecule has 0 saturated heterocycles. The number of fused-ring (bicyclic) bond motifs is 1. The highest BCUT2D eigenvalue weighted by atomic mass is 19.4. The summed E-state index contributed by atoms with van der Waals surface area (Å²) in [5.41, 5.74) is 6.80. The van der Waals surface area contributed by atoms with Crippen LogP contribution in [0.4, 0.5) is 13.2 Å². The minimum atomic E-state index is -4.38. The first-order chi connectivity index (χ1) is 11.4. The number of aromatic nitrogens is 1. The normalized spacial score (nSPS) is 11.9. The van der Waals surface area contributed by atoms with E-state index in [9.17, 15) is 13.2 Å². The van der Waals surface area contributed by atoms with Crippen LogP contribution in [0, 0.1) is 0 Å². The van der Waals surface area contributed by atoms with Gasteiger partial charge in [-0.25, -0.2) is 4.98 Å². The molecule has 0 atom stereocenters. The molecule has 24 heavy (non-hydrogen) atoms. The van der Waals surface area contributed by atoms with Crippen molar-refractivity contribution >= 4 is 11.1 Å². The van der Waals surface area contributed by atoms with Gasteiger partial charge in [-0.05, 0) is 30.3 Å². The fourth-order valence-electron chi connectivity index (χ4n) is 2.31. The topological polar surface area (TPSA) is 61.3 Å². The van der Waals surface area contributed by atoms with Crippen molar-refractivity contribution < 1.29 is 22.3 Å². The van der Waals surface area contributed by atoms with Crippen molar-refractivity contribution in [3.63, 3.8) is 0 Å². The maximum atomic E-state index is 12.6. The molecule has 2 aromatic carbocycles. The number of alkyl halides is 3. The highest BCUT2D eigenvalue weighted by molar-refractivity contribution is 5.83. The van der Waals surface area contributed by atoms with Crippen LogP contribution >= 0.6 is 0 Å². The first kappa shape index (κ1) is 16.3. The second-order valence-electron chi connectivity index (χ2n) is 5.19. The highest BCUT2D eigenvalue weighted by Gasteiger charge is 2.30. The van der Waals surface area contributed by atoms with Crippen LogP contribution in [0.25, 0.3) is 11.1 Å². The van der Waals surface area contributed by atoms with Crippen molar-refractivity contribution in [3.8, 4) is 11.5 Å². The third kappa shape index (κ3) is 3.07. The Kier molecular flexibility index (Phi) is 4.19. The molecule has 0 amide bonds. The Labute approximate surface area is 136 Å². The molecule has 3 rings (SSSR count). The molecule has 1 heterocycles. The lowest BCUT2D eigenvalue weighted by Gasteiger charge is -2.09. The summed E-state index contributed by atoms with van der Waals surface area (Å²) < 4.78 is 49.2. The van der Waals surface area contributed by atoms with Crippen LogP contribution in [0.15, 0.2) is 40.8 Å². The highest BCUT2D eigenvalue weighted by Crippen LogP contribution is 2.34. The van der Waals surface area contributed by atoms with E-state index in [1.54, 1.807) is 12.1 Å². The second kappa shape index (κ2) is 6.16. The van der Waals surface area contributed by atoms with E-state index in [1.807, 2.05) is 6.92 Å². The molecule has 3 aromatic rings. The lowest BCUT2D eigenvalue weighted by Crippen LogP contribution is -2.04. The number of rotatable bonds is 4. The van der Waals surface area contributed by atoms with Crippen molar-refractivity contribution in [2.24, 2.45) is 5.73 Å². The van der Waals surface area contributed by atoms with E-state index in [0.29, 0.717) is 29.2 Å². The molecule has 0 aliphatic heterocycles. The Balaban J connectivity index is 1.96. The minimum Gasteiger partial charge on any atom is -0.455 e. The van der Waals surface area contributed by atoms with Crippen LogP contribution in [0.3, 0.4) is 0 Å². The smallest absolute Gasteiger partial charge is 0.416 e. The maximum absolute atomic E-state index is 12.6. The van der Waals surface area contributed by atoms with Gasteiger partial charge in [0.05, 0.1) is 5.56 Å². The molecule has 1 aromatic heterocycles. The number of hydrogen-bond donors (Lipinski definition) is 1. The predicted octanol–water partition coefficient (Wildman–Crippen LogP) is 4.66. The van der Waals surface area contributed by atoms with Gasteiger partial charge in [0.25, 0.3) is 0 Å². The molecule has 0 bridgehead atoms. The molecule has 0 aliphatic rings. The van der Waals surface area contributed by atoms with E-state index in [2.05, 4.69) is 4.98 Å². The molecule has 4 nitrogen and oxygen atoms in total. The van der Waals surface area contributed by atoms with Gasteiger partial charge >= 0.3 is 6.18 Å². The van der Waals surface area contributed by atoms with Crippen LogP contribution in [0.5, 0.6) is 11.5 Å². The predicted molar refractivity (Wildman–Crippen MR) is 82.8 cm³/mol. The molecule has 0 unspecified atom stereocenters. The zero-order valence-corrected chi connectivity index (χ0v) is 12.9. The summed E-state index contributed by atoms with van der Waals surface area (Å²) in [6, 6.07) is 7.93. The number of ether oxygens (including phenoxy) is 1. The summed E-state index contributed by atoms with van der Waals surface area (Å²) >= 11 is 0. The molecule has 0 radical (unpaired) electrons. The van der Waals surface area contributed by atoms with Gasteiger partial charge in [0, 0.05) is 18.5 Å². The van der Waals surface area contributed by atoms with E-state index in [-0.39, 0.29) is 12.3 Å². The summed E-state index contributed by atoms with van der Waals surface area (Å²) in [6.07, 6.45) is -3.77. The van der Waals surface area contributed by atoms with Gasteiger partial charge in [-0.1, -0.05) is 13.0 Å². The lowest BCUT2D eigenvalue weighted by molar-refractivity contribution is -0.137. The Bertz CT molecular complexity index is 855. The number of hydrogen-bond acceptors (Lipinski definition) is 4. The van der Waals surface area contributed by atoms with E-state index < -0.39 is 11.7 Å². The molecule has 0 aliphatic carbocycles. The zero-order valence-electron chi connectivity index (χ0n) is 12.9. The van der Waals surface area contributed by atoms with Gasteiger partial charge in [0.1, 0.15) is 5.75 Å². The summed E-state index contributed by atoms with van der Waals surface area (Å²) in [5, 5.41) is 0. The molecular formula is C17H15F3N2O2. The summed E-state index contributed by atoms with van der Waals surface area (Å²) in [7, 11) is 0. The Morgan fingerprint density at radius 2 is 1.83 bits per heavy atom. The van der Waals surface area contributed by atoms with Crippen LogP contribution in [0.2, 0.25) is 0 Å². The number of aryl methyl sites for hydroxylation is 1. The molecule has 7 heteroatoms. The number of nitrogens with two attached hydrogens (primary N) is 1. The van der Waals surface area contributed by atoms with Gasteiger partial charge in [-0.2, -0.15) is 13.2 Å². The van der Waals surface area contributed by atoms with Gasteiger partial charge in [-0.3, -0.25) is 0 Å². The average Bonchev–Trinajstić information content (AvgIpc) is 2.99. The van der Waals surface area contributed by atoms with E-state index in [1.165, 1.54) is 12.1 Å². The summed E-state index contributed by atoms with van der Waals surface area (Å²) in [6.45, 7) is 2.19. The summed E-state index contributed by atoms with van der Waals surface area (Å²) in [5.74, 6) is 1.24. The zero-order chi connectivity index (χ0) is 17.3. The quantitative estimate of drug-likeness (QED) is 0.753. The van der Waals surface area contributed by atoms with Gasteiger partial charge in [0.15, 0.2) is 22.7 Å². The Morgan fingerprint density at radius 3 is 2.42 bits per heavy atom. The fraction of sp³-hybridized carbons (Fsp3) is 0.235. The third-order valence-electron chi connectivity index (χ3n) is 3.56. The molecule has 0 saturated carbocycles. The largest absolute Gasteiger partial charge is 0.455 e. The van der Waals surface area contributed by atoms with Gasteiger partial charge in [-0.15, -0.1) is 0 Å². The molecule has 0 spiro atoms. The van der Waals surface area contributed by atoms with Crippen molar-refractivity contribution in [3.05, 3.63) is 53.4 Å². The molecule has 0 fully saturated rings. The van der Waals surface area contributed by atoms with Crippen LogP contribution in [0.1, 0.15) is 23.9 Å². The van der Waals surface area contributed by atoms with Crippen molar-refractivity contribution in [2.75, 3.05) is 0 Å². The molecule has 126 valence electrons. The van der Waals surface area contributed by atoms with E-state index in [4.69, 9.17) is 14.9 Å². The first-order valence-corrected chi connectivity index (χ1v) is 7.39. The maximum Gasteiger partial charge on any atom is 0.416 e. The fourth-order valence-corrected chi connectivity index (χ4v) is 2.31. The number of oxazole rings is 1. The van der Waals surface area contributed by atoms with Crippen LogP contribution in [-0.4, -0.2) is 4.98 Å². The van der Waals surface area contributed by atoms with E-state index >= 15 is 0 Å².